The van der Waals surface area contributed by atoms with E-state index in [9.17, 15) is 9.59 Å². The van der Waals surface area contributed by atoms with Crippen molar-refractivity contribution in [2.75, 3.05) is 25.1 Å². The fourth-order valence-corrected chi connectivity index (χ4v) is 3.23. The number of hydrogen-bond acceptors (Lipinski definition) is 3. The van der Waals surface area contributed by atoms with Gasteiger partial charge in [-0.05, 0) is 18.7 Å². The molecule has 1 aromatic rings. The van der Waals surface area contributed by atoms with Crippen LogP contribution in [-0.4, -0.2) is 41.8 Å². The highest BCUT2D eigenvalue weighted by atomic mass is 32.2. The van der Waals surface area contributed by atoms with Crippen molar-refractivity contribution in [2.24, 2.45) is 5.92 Å². The van der Waals surface area contributed by atoms with E-state index in [1.54, 1.807) is 16.7 Å². The fraction of sp³-hybridized carbons (Fsp3) is 0.500. The van der Waals surface area contributed by atoms with Gasteiger partial charge in [0.25, 0.3) is 0 Å². The zero-order valence-electron chi connectivity index (χ0n) is 12.5. The van der Waals surface area contributed by atoms with Gasteiger partial charge in [0.1, 0.15) is 0 Å². The molecular weight excluding hydrogens is 284 g/mol. The SMILES string of the molecule is CCN1CC(C(=O)NC(CSC)c2ccccc2)CC1=O. The van der Waals surface area contributed by atoms with Gasteiger partial charge in [-0.2, -0.15) is 11.8 Å². The Bertz CT molecular complexity index is 492. The normalized spacial score (nSPS) is 19.6. The molecule has 5 heteroatoms. The van der Waals surface area contributed by atoms with E-state index < -0.39 is 0 Å². The van der Waals surface area contributed by atoms with Gasteiger partial charge in [-0.1, -0.05) is 30.3 Å². The molecule has 2 amide bonds. The molecule has 0 saturated carbocycles. The molecule has 0 spiro atoms. The van der Waals surface area contributed by atoms with Crippen LogP contribution in [0.2, 0.25) is 0 Å². The van der Waals surface area contributed by atoms with Crippen LogP contribution < -0.4 is 5.32 Å². The van der Waals surface area contributed by atoms with E-state index in [4.69, 9.17) is 0 Å². The molecule has 2 rings (SSSR count). The van der Waals surface area contributed by atoms with Gasteiger partial charge in [0.15, 0.2) is 0 Å². The van der Waals surface area contributed by atoms with Crippen molar-refractivity contribution in [3.8, 4) is 0 Å². The van der Waals surface area contributed by atoms with Crippen LogP contribution in [-0.2, 0) is 9.59 Å². The number of likely N-dealkylation sites (tertiary alicyclic amines) is 1. The summed E-state index contributed by atoms with van der Waals surface area (Å²) in [5.41, 5.74) is 1.11. The second-order valence-corrected chi connectivity index (χ2v) is 6.17. The summed E-state index contributed by atoms with van der Waals surface area (Å²) < 4.78 is 0. The first-order valence-electron chi connectivity index (χ1n) is 7.27. The first-order chi connectivity index (χ1) is 10.2. The van der Waals surface area contributed by atoms with Crippen molar-refractivity contribution in [3.05, 3.63) is 35.9 Å². The molecule has 4 nitrogen and oxygen atoms in total. The molecule has 1 aliphatic rings. The van der Waals surface area contributed by atoms with Gasteiger partial charge in [0, 0.05) is 25.3 Å². The highest BCUT2D eigenvalue weighted by Crippen LogP contribution is 2.21. The Morgan fingerprint density at radius 2 is 2.14 bits per heavy atom. The lowest BCUT2D eigenvalue weighted by Gasteiger charge is -2.20. The Morgan fingerprint density at radius 1 is 1.43 bits per heavy atom. The number of carbonyl (C=O) groups is 2. The third-order valence-electron chi connectivity index (χ3n) is 3.82. The average molecular weight is 306 g/mol. The predicted octanol–water partition coefficient (Wildman–Crippen LogP) is 2.08. The maximum Gasteiger partial charge on any atom is 0.225 e. The summed E-state index contributed by atoms with van der Waals surface area (Å²) >= 11 is 1.70. The number of carbonyl (C=O) groups excluding carboxylic acids is 2. The van der Waals surface area contributed by atoms with Gasteiger partial charge in [-0.15, -0.1) is 0 Å². The Morgan fingerprint density at radius 3 is 2.71 bits per heavy atom. The maximum absolute atomic E-state index is 12.4. The number of rotatable bonds is 6. The van der Waals surface area contributed by atoms with Crippen LogP contribution in [0.5, 0.6) is 0 Å². The molecule has 2 atom stereocenters. The first-order valence-corrected chi connectivity index (χ1v) is 8.67. The molecular formula is C16H22N2O2S. The van der Waals surface area contributed by atoms with Gasteiger partial charge in [0.2, 0.25) is 11.8 Å². The fourth-order valence-electron chi connectivity index (χ4n) is 2.62. The smallest absolute Gasteiger partial charge is 0.225 e. The minimum atomic E-state index is -0.217. The molecule has 0 aromatic heterocycles. The number of nitrogens with one attached hydrogen (secondary N) is 1. The van der Waals surface area contributed by atoms with Gasteiger partial charge in [-0.3, -0.25) is 9.59 Å². The van der Waals surface area contributed by atoms with Crippen LogP contribution in [0.25, 0.3) is 0 Å². The van der Waals surface area contributed by atoms with E-state index in [0.717, 1.165) is 11.3 Å². The molecule has 21 heavy (non-hydrogen) atoms. The van der Waals surface area contributed by atoms with Crippen LogP contribution in [0.3, 0.4) is 0 Å². The summed E-state index contributed by atoms with van der Waals surface area (Å²) in [5, 5.41) is 3.10. The Labute approximate surface area is 130 Å². The number of amides is 2. The van der Waals surface area contributed by atoms with Crippen LogP contribution in [0.1, 0.15) is 24.9 Å². The lowest BCUT2D eigenvalue weighted by molar-refractivity contribution is -0.129. The van der Waals surface area contributed by atoms with Gasteiger partial charge in [-0.25, -0.2) is 0 Å². The third kappa shape index (κ3) is 4.00. The zero-order chi connectivity index (χ0) is 15.2. The van der Waals surface area contributed by atoms with Gasteiger partial charge >= 0.3 is 0 Å². The number of thioether (sulfide) groups is 1. The quantitative estimate of drug-likeness (QED) is 0.875. The van der Waals surface area contributed by atoms with E-state index in [2.05, 4.69) is 5.32 Å². The van der Waals surface area contributed by atoms with E-state index in [1.165, 1.54) is 0 Å². The minimum Gasteiger partial charge on any atom is -0.348 e. The van der Waals surface area contributed by atoms with Crippen molar-refractivity contribution in [3.63, 3.8) is 0 Å². The molecule has 1 aromatic carbocycles. The summed E-state index contributed by atoms with van der Waals surface area (Å²) in [5.74, 6) is 0.681. The van der Waals surface area contributed by atoms with E-state index >= 15 is 0 Å². The molecule has 1 aliphatic heterocycles. The summed E-state index contributed by atoms with van der Waals surface area (Å²) in [4.78, 5) is 25.9. The van der Waals surface area contributed by atoms with Crippen molar-refractivity contribution >= 4 is 23.6 Å². The lowest BCUT2D eigenvalue weighted by atomic mass is 10.0. The second-order valence-electron chi connectivity index (χ2n) is 5.26. The highest BCUT2D eigenvalue weighted by molar-refractivity contribution is 7.98. The molecule has 2 unspecified atom stereocenters. The number of hydrogen-bond donors (Lipinski definition) is 1. The Kier molecular flexibility index (Phi) is 5.67. The highest BCUT2D eigenvalue weighted by Gasteiger charge is 2.34. The van der Waals surface area contributed by atoms with Crippen LogP contribution >= 0.6 is 11.8 Å². The zero-order valence-corrected chi connectivity index (χ0v) is 13.4. The topological polar surface area (TPSA) is 49.4 Å². The second kappa shape index (κ2) is 7.50. The maximum atomic E-state index is 12.4. The van der Waals surface area contributed by atoms with E-state index in [0.29, 0.717) is 19.5 Å². The summed E-state index contributed by atoms with van der Waals surface area (Å²) in [6, 6.07) is 9.98. The average Bonchev–Trinajstić information content (AvgIpc) is 2.89. The minimum absolute atomic E-state index is 0.000483. The Balaban J connectivity index is 2.01. The van der Waals surface area contributed by atoms with Crippen LogP contribution in [0.4, 0.5) is 0 Å². The largest absolute Gasteiger partial charge is 0.348 e. The molecule has 0 radical (unpaired) electrons. The Hall–Kier alpha value is -1.49. The lowest BCUT2D eigenvalue weighted by Crippen LogP contribution is -2.36. The van der Waals surface area contributed by atoms with Crippen molar-refractivity contribution in [2.45, 2.75) is 19.4 Å². The van der Waals surface area contributed by atoms with Gasteiger partial charge < -0.3 is 10.2 Å². The summed E-state index contributed by atoms with van der Waals surface area (Å²) in [6.07, 6.45) is 2.36. The predicted molar refractivity (Wildman–Crippen MR) is 86.1 cm³/mol. The van der Waals surface area contributed by atoms with Gasteiger partial charge in [0.05, 0.1) is 12.0 Å². The molecule has 0 aliphatic carbocycles. The van der Waals surface area contributed by atoms with Crippen LogP contribution in [0, 0.1) is 5.92 Å². The van der Waals surface area contributed by atoms with E-state index in [-0.39, 0.29) is 23.8 Å². The standard InChI is InChI=1S/C16H22N2O2S/c1-3-18-10-13(9-15(18)19)16(20)17-14(11-21-2)12-7-5-4-6-8-12/h4-8,13-14H,3,9-11H2,1-2H3,(H,17,20). The first kappa shape index (κ1) is 15.9. The van der Waals surface area contributed by atoms with Crippen molar-refractivity contribution in [1.82, 2.24) is 10.2 Å². The molecule has 1 saturated heterocycles. The molecule has 0 bridgehead atoms. The number of nitrogens with zero attached hydrogens (tertiary/aromatic N) is 1. The molecule has 1 N–H and O–H groups in total. The van der Waals surface area contributed by atoms with Crippen molar-refractivity contribution in [1.29, 1.82) is 0 Å². The molecule has 114 valence electrons. The summed E-state index contributed by atoms with van der Waals surface area (Å²) in [7, 11) is 0. The van der Waals surface area contributed by atoms with Crippen molar-refractivity contribution < 1.29 is 9.59 Å². The number of benzene rings is 1. The summed E-state index contributed by atoms with van der Waals surface area (Å²) in [6.45, 7) is 3.16. The molecule has 1 fully saturated rings. The van der Waals surface area contributed by atoms with E-state index in [1.807, 2.05) is 43.5 Å². The van der Waals surface area contributed by atoms with Crippen LogP contribution in [0.15, 0.2) is 30.3 Å². The molecule has 1 heterocycles. The third-order valence-corrected chi connectivity index (χ3v) is 4.49. The monoisotopic (exact) mass is 306 g/mol.